The third-order valence-corrected chi connectivity index (χ3v) is 8.06. The van der Waals surface area contributed by atoms with E-state index in [1.54, 1.807) is 6.92 Å². The molecule has 5 nitrogen and oxygen atoms in total. The summed E-state index contributed by atoms with van der Waals surface area (Å²) >= 11 is 0. The van der Waals surface area contributed by atoms with Crippen molar-refractivity contribution in [1.29, 1.82) is 0 Å². The Morgan fingerprint density at radius 3 is 1.97 bits per heavy atom. The molecule has 1 aliphatic heterocycles. The quantitative estimate of drug-likeness (QED) is 0.818. The molecule has 1 aromatic rings. The summed E-state index contributed by atoms with van der Waals surface area (Å²) in [7, 11) is 0. The van der Waals surface area contributed by atoms with E-state index < -0.39 is 0 Å². The van der Waals surface area contributed by atoms with Gasteiger partial charge in [0, 0.05) is 25.6 Å². The van der Waals surface area contributed by atoms with E-state index in [2.05, 4.69) is 22.8 Å². The molecular weight excluding hydrogens is 362 g/mol. The smallest absolute Gasteiger partial charge is 0.317 e. The first-order valence-corrected chi connectivity index (χ1v) is 11.4. The van der Waals surface area contributed by atoms with Crippen molar-refractivity contribution in [1.82, 2.24) is 15.5 Å². The maximum Gasteiger partial charge on any atom is 0.317 e. The molecule has 0 aromatic heterocycles. The van der Waals surface area contributed by atoms with E-state index in [4.69, 9.17) is 0 Å². The van der Waals surface area contributed by atoms with Gasteiger partial charge in [-0.2, -0.15) is 0 Å². The summed E-state index contributed by atoms with van der Waals surface area (Å²) in [5.74, 6) is 2.47. The summed E-state index contributed by atoms with van der Waals surface area (Å²) in [6.45, 7) is 2.93. The second-order valence-corrected chi connectivity index (χ2v) is 10.2. The van der Waals surface area contributed by atoms with Crippen LogP contribution in [-0.2, 0) is 10.3 Å². The summed E-state index contributed by atoms with van der Waals surface area (Å²) in [6, 6.07) is 10.3. The number of hydrogen-bond donors (Lipinski definition) is 2. The first-order chi connectivity index (χ1) is 14.0. The van der Waals surface area contributed by atoms with Gasteiger partial charge in [-0.3, -0.25) is 4.79 Å². The van der Waals surface area contributed by atoms with Gasteiger partial charge in [0.25, 0.3) is 0 Å². The Morgan fingerprint density at radius 1 is 0.897 bits per heavy atom. The number of urea groups is 1. The molecule has 3 amide bonds. The van der Waals surface area contributed by atoms with Crippen LogP contribution in [0.2, 0.25) is 0 Å². The van der Waals surface area contributed by atoms with Gasteiger partial charge in [0.2, 0.25) is 5.91 Å². The van der Waals surface area contributed by atoms with E-state index >= 15 is 0 Å². The molecule has 2 N–H and O–H groups in total. The molecule has 156 valence electrons. The number of nitrogens with zero attached hydrogens (tertiary/aromatic N) is 1. The first kappa shape index (κ1) is 19.0. The molecule has 1 heterocycles. The normalized spacial score (nSPS) is 34.7. The van der Waals surface area contributed by atoms with Crippen LogP contribution < -0.4 is 10.6 Å². The van der Waals surface area contributed by atoms with Gasteiger partial charge < -0.3 is 15.5 Å². The number of amides is 3. The second-order valence-electron chi connectivity index (χ2n) is 10.2. The predicted octanol–water partition coefficient (Wildman–Crippen LogP) is 3.79. The summed E-state index contributed by atoms with van der Waals surface area (Å²) in [5, 5.41) is 6.70. The molecule has 4 bridgehead atoms. The van der Waals surface area contributed by atoms with Gasteiger partial charge in [-0.15, -0.1) is 0 Å². The number of benzene rings is 1. The van der Waals surface area contributed by atoms with Gasteiger partial charge in [-0.05, 0) is 74.7 Å². The minimum absolute atomic E-state index is 0.0136. The third-order valence-electron chi connectivity index (χ3n) is 8.06. The number of piperidine rings is 1. The molecule has 5 aliphatic rings. The van der Waals surface area contributed by atoms with E-state index in [-0.39, 0.29) is 23.0 Å². The molecule has 1 aromatic carbocycles. The zero-order valence-electron chi connectivity index (χ0n) is 17.5. The Hall–Kier alpha value is -2.04. The largest absolute Gasteiger partial charge is 0.347 e. The van der Waals surface area contributed by atoms with Gasteiger partial charge in [0.1, 0.15) is 0 Å². The van der Waals surface area contributed by atoms with Gasteiger partial charge >= 0.3 is 6.03 Å². The molecule has 5 fully saturated rings. The van der Waals surface area contributed by atoms with Crippen LogP contribution in [0.1, 0.15) is 63.9 Å². The number of rotatable bonds is 3. The topological polar surface area (TPSA) is 61.4 Å². The SMILES string of the molecule is CC(=O)NC1(c2ccccc2)CCN(C(=O)NC23CC4CC(CC(C4)C2)C3)CC1. The van der Waals surface area contributed by atoms with Crippen LogP contribution in [-0.4, -0.2) is 35.5 Å². The van der Waals surface area contributed by atoms with Crippen molar-refractivity contribution in [3.05, 3.63) is 35.9 Å². The lowest BCUT2D eigenvalue weighted by atomic mass is 9.53. The fourth-order valence-electron chi connectivity index (χ4n) is 7.24. The number of carbonyl (C=O) groups excluding carboxylic acids is 2. The predicted molar refractivity (Wildman–Crippen MR) is 112 cm³/mol. The maximum atomic E-state index is 13.2. The fraction of sp³-hybridized carbons (Fsp3) is 0.667. The van der Waals surface area contributed by atoms with Crippen LogP contribution in [0, 0.1) is 17.8 Å². The summed E-state index contributed by atoms with van der Waals surface area (Å²) in [6.07, 6.45) is 9.20. The van der Waals surface area contributed by atoms with Crippen molar-refractivity contribution in [2.24, 2.45) is 17.8 Å². The van der Waals surface area contributed by atoms with E-state index in [0.29, 0.717) is 13.1 Å². The highest BCUT2D eigenvalue weighted by molar-refractivity contribution is 5.76. The molecule has 0 atom stereocenters. The number of hydrogen-bond acceptors (Lipinski definition) is 2. The van der Waals surface area contributed by atoms with Gasteiger partial charge in [-0.1, -0.05) is 30.3 Å². The van der Waals surface area contributed by atoms with Gasteiger partial charge in [-0.25, -0.2) is 4.79 Å². The van der Waals surface area contributed by atoms with E-state index in [9.17, 15) is 9.59 Å². The highest BCUT2D eigenvalue weighted by Crippen LogP contribution is 2.55. The Labute approximate surface area is 173 Å². The van der Waals surface area contributed by atoms with Crippen LogP contribution in [0.5, 0.6) is 0 Å². The summed E-state index contributed by atoms with van der Waals surface area (Å²) < 4.78 is 0. The van der Waals surface area contributed by atoms with Crippen molar-refractivity contribution in [2.75, 3.05) is 13.1 Å². The zero-order chi connectivity index (χ0) is 20.1. The minimum Gasteiger partial charge on any atom is -0.347 e. The van der Waals surface area contributed by atoms with Crippen LogP contribution >= 0.6 is 0 Å². The monoisotopic (exact) mass is 395 g/mol. The molecule has 4 aliphatic carbocycles. The van der Waals surface area contributed by atoms with Crippen molar-refractivity contribution < 1.29 is 9.59 Å². The molecule has 0 unspecified atom stereocenters. The molecule has 6 rings (SSSR count). The van der Waals surface area contributed by atoms with Crippen molar-refractivity contribution in [3.8, 4) is 0 Å². The average molecular weight is 396 g/mol. The summed E-state index contributed by atoms with van der Waals surface area (Å²) in [5.41, 5.74) is 0.818. The molecule has 5 heteroatoms. The highest BCUT2D eigenvalue weighted by atomic mass is 16.2. The van der Waals surface area contributed by atoms with E-state index in [1.165, 1.54) is 38.5 Å². The first-order valence-electron chi connectivity index (χ1n) is 11.4. The standard InChI is InChI=1S/C24H33N3O2/c1-17(28)25-24(21-5-3-2-4-6-21)7-9-27(10-8-24)22(29)26-23-14-18-11-19(15-23)13-20(12-18)16-23/h2-6,18-20H,7-16H2,1H3,(H,25,28)(H,26,29). The molecule has 29 heavy (non-hydrogen) atoms. The van der Waals surface area contributed by atoms with Crippen LogP contribution in [0.4, 0.5) is 4.79 Å². The van der Waals surface area contributed by atoms with Crippen LogP contribution in [0.25, 0.3) is 0 Å². The van der Waals surface area contributed by atoms with Crippen molar-refractivity contribution in [2.45, 2.75) is 69.4 Å². The minimum atomic E-state index is -0.370. The van der Waals surface area contributed by atoms with Crippen LogP contribution in [0.3, 0.4) is 0 Å². The number of likely N-dealkylation sites (tertiary alicyclic amines) is 1. The molecule has 0 radical (unpaired) electrons. The molecule has 4 saturated carbocycles. The lowest BCUT2D eigenvalue weighted by Crippen LogP contribution is -2.63. The number of nitrogens with one attached hydrogen (secondary N) is 2. The summed E-state index contributed by atoms with van der Waals surface area (Å²) in [4.78, 5) is 27.1. The zero-order valence-corrected chi connectivity index (χ0v) is 17.5. The Morgan fingerprint density at radius 2 is 1.45 bits per heavy atom. The fourth-order valence-corrected chi connectivity index (χ4v) is 7.24. The van der Waals surface area contributed by atoms with Crippen molar-refractivity contribution >= 4 is 11.9 Å². The van der Waals surface area contributed by atoms with E-state index in [0.717, 1.165) is 36.2 Å². The molecular formula is C24H33N3O2. The van der Waals surface area contributed by atoms with Gasteiger partial charge in [0.15, 0.2) is 0 Å². The van der Waals surface area contributed by atoms with Crippen LogP contribution in [0.15, 0.2) is 30.3 Å². The molecule has 1 saturated heterocycles. The lowest BCUT2D eigenvalue weighted by molar-refractivity contribution is -0.121. The highest BCUT2D eigenvalue weighted by Gasteiger charge is 2.52. The van der Waals surface area contributed by atoms with E-state index in [1.807, 2.05) is 23.1 Å². The Balaban J connectivity index is 1.26. The van der Waals surface area contributed by atoms with Crippen molar-refractivity contribution in [3.63, 3.8) is 0 Å². The molecule has 0 spiro atoms. The third kappa shape index (κ3) is 3.53. The maximum absolute atomic E-state index is 13.2. The Kier molecular flexibility index (Phi) is 4.60. The second kappa shape index (κ2) is 7.03. The number of carbonyl (C=O) groups is 2. The van der Waals surface area contributed by atoms with Gasteiger partial charge in [0.05, 0.1) is 5.54 Å². The average Bonchev–Trinajstić information content (AvgIpc) is 2.67. The lowest BCUT2D eigenvalue weighted by Gasteiger charge is -2.57. The Bertz CT molecular complexity index is 747.